The minimum absolute atomic E-state index is 0.0213. The average molecular weight is 242 g/mol. The molecule has 0 aromatic rings. The third kappa shape index (κ3) is 8.86. The normalized spacial score (nSPS) is 12.2. The van der Waals surface area contributed by atoms with Gasteiger partial charge in [-0.1, -0.05) is 33.1 Å². The summed E-state index contributed by atoms with van der Waals surface area (Å²) < 4.78 is 0. The molecule has 0 saturated carbocycles. The molecular weight excluding hydrogens is 216 g/mol. The van der Waals surface area contributed by atoms with E-state index in [0.717, 1.165) is 19.4 Å². The molecule has 0 rings (SSSR count). The van der Waals surface area contributed by atoms with E-state index in [0.29, 0.717) is 6.54 Å². The molecule has 4 nitrogen and oxygen atoms in total. The summed E-state index contributed by atoms with van der Waals surface area (Å²) in [5.74, 6) is -0.0179. The monoisotopic (exact) mass is 242 g/mol. The highest BCUT2D eigenvalue weighted by atomic mass is 16.2. The molecule has 0 aromatic heterocycles. The molecule has 0 radical (unpaired) electrons. The summed E-state index contributed by atoms with van der Waals surface area (Å²) in [6.07, 6.45) is 4.83. The average Bonchev–Trinajstić information content (AvgIpc) is 2.28. The summed E-state index contributed by atoms with van der Waals surface area (Å²) in [6, 6.07) is -0.337. The molecule has 2 N–H and O–H groups in total. The molecule has 0 spiro atoms. The van der Waals surface area contributed by atoms with Crippen molar-refractivity contribution < 1.29 is 9.59 Å². The molecule has 0 aliphatic heterocycles. The highest BCUT2D eigenvalue weighted by Crippen LogP contribution is 1.98. The van der Waals surface area contributed by atoms with Gasteiger partial charge >= 0.3 is 0 Å². The molecule has 0 heterocycles. The minimum Gasteiger partial charge on any atom is -0.356 e. The Bertz CT molecular complexity index is 229. The number of carbonyl (C=O) groups excluding carboxylic acids is 2. The predicted octanol–water partition coefficient (Wildman–Crippen LogP) is 1.64. The van der Waals surface area contributed by atoms with Gasteiger partial charge < -0.3 is 10.6 Å². The third-order valence-electron chi connectivity index (χ3n) is 2.68. The summed E-state index contributed by atoms with van der Waals surface area (Å²) >= 11 is 0. The van der Waals surface area contributed by atoms with Crippen molar-refractivity contribution in [3.8, 4) is 0 Å². The lowest BCUT2D eigenvalue weighted by atomic mass is 10.1. The number of likely N-dealkylation sites (N-methyl/N-ethyl adjacent to an activating group) is 1. The van der Waals surface area contributed by atoms with E-state index < -0.39 is 0 Å². The van der Waals surface area contributed by atoms with Gasteiger partial charge in [-0.05, 0) is 19.9 Å². The van der Waals surface area contributed by atoms with Gasteiger partial charge in [-0.3, -0.25) is 9.59 Å². The number of carbonyl (C=O) groups is 2. The van der Waals surface area contributed by atoms with Crippen LogP contribution in [0.15, 0.2) is 0 Å². The zero-order valence-corrected chi connectivity index (χ0v) is 11.3. The van der Waals surface area contributed by atoms with Crippen LogP contribution >= 0.6 is 0 Å². The summed E-state index contributed by atoms with van der Waals surface area (Å²) in [7, 11) is 0. The van der Waals surface area contributed by atoms with E-state index in [1.54, 1.807) is 0 Å². The molecule has 17 heavy (non-hydrogen) atoms. The first kappa shape index (κ1) is 16.1. The standard InChI is InChI=1S/C13H26N2O2/c1-4-6-7-8-9-15-13(17)10-12(11(3)16)14-5-2/h12,14H,4-10H2,1-3H3,(H,15,17)/t12-/m0/s1. The Labute approximate surface area is 105 Å². The van der Waals surface area contributed by atoms with Crippen molar-refractivity contribution in [1.82, 2.24) is 10.6 Å². The van der Waals surface area contributed by atoms with Crippen molar-refractivity contribution in [3.63, 3.8) is 0 Å². The summed E-state index contributed by atoms with van der Waals surface area (Å²) in [6.45, 7) is 7.02. The number of hydrogen-bond donors (Lipinski definition) is 2. The quantitative estimate of drug-likeness (QED) is 0.573. The zero-order valence-electron chi connectivity index (χ0n) is 11.3. The first-order valence-electron chi connectivity index (χ1n) is 6.62. The highest BCUT2D eigenvalue weighted by Gasteiger charge is 2.16. The lowest BCUT2D eigenvalue weighted by Gasteiger charge is -2.14. The Hall–Kier alpha value is -0.900. The first-order chi connectivity index (χ1) is 8.11. The molecule has 0 saturated heterocycles. The lowest BCUT2D eigenvalue weighted by molar-refractivity contribution is -0.126. The van der Waals surface area contributed by atoms with Crippen LogP contribution in [0, 0.1) is 0 Å². The van der Waals surface area contributed by atoms with Gasteiger partial charge in [0.2, 0.25) is 5.91 Å². The Morgan fingerprint density at radius 1 is 1.12 bits per heavy atom. The molecule has 0 aliphatic carbocycles. The van der Waals surface area contributed by atoms with Crippen LogP contribution in [-0.2, 0) is 9.59 Å². The van der Waals surface area contributed by atoms with Crippen molar-refractivity contribution in [2.45, 2.75) is 58.9 Å². The molecule has 4 heteroatoms. The maximum absolute atomic E-state index is 11.6. The van der Waals surface area contributed by atoms with Gasteiger partial charge in [-0.2, -0.15) is 0 Å². The maximum Gasteiger partial charge on any atom is 0.222 e. The second-order valence-electron chi connectivity index (χ2n) is 4.34. The van der Waals surface area contributed by atoms with E-state index in [9.17, 15) is 9.59 Å². The molecule has 1 amide bonds. The van der Waals surface area contributed by atoms with E-state index in [1.807, 2.05) is 6.92 Å². The van der Waals surface area contributed by atoms with E-state index in [-0.39, 0.29) is 24.2 Å². The largest absolute Gasteiger partial charge is 0.356 e. The first-order valence-corrected chi connectivity index (χ1v) is 6.62. The van der Waals surface area contributed by atoms with Crippen molar-refractivity contribution in [2.75, 3.05) is 13.1 Å². The van der Waals surface area contributed by atoms with Crippen molar-refractivity contribution >= 4 is 11.7 Å². The molecule has 0 unspecified atom stereocenters. The number of nitrogens with one attached hydrogen (secondary N) is 2. The molecule has 0 bridgehead atoms. The molecule has 1 atom stereocenters. The fraction of sp³-hybridized carbons (Fsp3) is 0.846. The van der Waals surface area contributed by atoms with Gasteiger partial charge in [0, 0.05) is 13.0 Å². The lowest BCUT2D eigenvalue weighted by Crippen LogP contribution is -2.40. The van der Waals surface area contributed by atoms with E-state index in [4.69, 9.17) is 0 Å². The van der Waals surface area contributed by atoms with Gasteiger partial charge in [0.15, 0.2) is 0 Å². The van der Waals surface area contributed by atoms with Crippen molar-refractivity contribution in [2.24, 2.45) is 0 Å². The van der Waals surface area contributed by atoms with E-state index >= 15 is 0 Å². The van der Waals surface area contributed by atoms with Gasteiger partial charge in [-0.15, -0.1) is 0 Å². The van der Waals surface area contributed by atoms with Crippen LogP contribution in [0.4, 0.5) is 0 Å². The van der Waals surface area contributed by atoms with Crippen LogP contribution in [-0.4, -0.2) is 30.8 Å². The Kier molecular flexibility index (Phi) is 9.72. The fourth-order valence-electron chi connectivity index (χ4n) is 1.64. The van der Waals surface area contributed by atoms with E-state index in [2.05, 4.69) is 17.6 Å². The number of amides is 1. The SMILES string of the molecule is CCCCCCNC(=O)C[C@H](NCC)C(C)=O. The molecule has 0 fully saturated rings. The summed E-state index contributed by atoms with van der Waals surface area (Å²) in [4.78, 5) is 22.8. The van der Waals surface area contributed by atoms with Crippen LogP contribution in [0.2, 0.25) is 0 Å². The topological polar surface area (TPSA) is 58.2 Å². The number of Topliss-reactive ketones (excluding diaryl/α,β-unsaturated/α-hetero) is 1. The smallest absolute Gasteiger partial charge is 0.222 e. The highest BCUT2D eigenvalue weighted by molar-refractivity contribution is 5.88. The van der Waals surface area contributed by atoms with Crippen LogP contribution in [0.3, 0.4) is 0 Å². The second-order valence-corrected chi connectivity index (χ2v) is 4.34. The number of rotatable bonds is 10. The van der Waals surface area contributed by atoms with Crippen molar-refractivity contribution in [1.29, 1.82) is 0 Å². The van der Waals surface area contributed by atoms with Crippen LogP contribution in [0.1, 0.15) is 52.9 Å². The van der Waals surface area contributed by atoms with Gasteiger partial charge in [0.05, 0.1) is 6.04 Å². The number of ketones is 1. The predicted molar refractivity (Wildman–Crippen MR) is 69.9 cm³/mol. The van der Waals surface area contributed by atoms with Gasteiger partial charge in [0.1, 0.15) is 5.78 Å². The zero-order chi connectivity index (χ0) is 13.1. The Balaban J connectivity index is 3.71. The summed E-state index contributed by atoms with van der Waals surface area (Å²) in [5, 5.41) is 5.87. The molecule has 0 aliphatic rings. The molecular formula is C13H26N2O2. The molecule has 100 valence electrons. The van der Waals surface area contributed by atoms with Crippen LogP contribution in [0.5, 0.6) is 0 Å². The second kappa shape index (κ2) is 10.3. The molecule has 0 aromatic carbocycles. The third-order valence-corrected chi connectivity index (χ3v) is 2.68. The van der Waals surface area contributed by atoms with Crippen molar-refractivity contribution in [3.05, 3.63) is 0 Å². The van der Waals surface area contributed by atoms with Gasteiger partial charge in [0.25, 0.3) is 0 Å². The van der Waals surface area contributed by atoms with E-state index in [1.165, 1.54) is 19.8 Å². The van der Waals surface area contributed by atoms with Crippen LogP contribution in [0.25, 0.3) is 0 Å². The Morgan fingerprint density at radius 3 is 2.35 bits per heavy atom. The Morgan fingerprint density at radius 2 is 1.82 bits per heavy atom. The fourth-order valence-corrected chi connectivity index (χ4v) is 1.64. The maximum atomic E-state index is 11.6. The van der Waals surface area contributed by atoms with Crippen LogP contribution < -0.4 is 10.6 Å². The summed E-state index contributed by atoms with van der Waals surface area (Å²) in [5.41, 5.74) is 0. The minimum atomic E-state index is -0.337. The number of unbranched alkanes of at least 4 members (excludes halogenated alkanes) is 3. The number of hydrogen-bond acceptors (Lipinski definition) is 3. The van der Waals surface area contributed by atoms with Gasteiger partial charge in [-0.25, -0.2) is 0 Å².